The van der Waals surface area contributed by atoms with Gasteiger partial charge in [-0.05, 0) is 6.07 Å². The summed E-state index contributed by atoms with van der Waals surface area (Å²) in [4.78, 5) is 11.7. The first-order chi connectivity index (χ1) is 8.49. The molecule has 1 fully saturated rings. The molecule has 1 aliphatic rings. The van der Waals surface area contributed by atoms with Gasteiger partial charge in [0.15, 0.2) is 5.69 Å². The number of carbonyl (C=O) groups excluding carboxylic acids is 1. The van der Waals surface area contributed by atoms with Crippen molar-refractivity contribution in [1.29, 1.82) is 0 Å². The summed E-state index contributed by atoms with van der Waals surface area (Å²) < 4.78 is 31.0. The highest BCUT2D eigenvalue weighted by Gasteiger charge is 2.29. The predicted molar refractivity (Wildman–Crippen MR) is 56.2 cm³/mol. The first kappa shape index (κ1) is 12.9. The van der Waals surface area contributed by atoms with Crippen LogP contribution in [0.3, 0.4) is 0 Å². The van der Waals surface area contributed by atoms with Gasteiger partial charge in [-0.3, -0.25) is 9.48 Å². The SMILES string of the molecule is Cn1nc(C(=O)N[C@@H]2COC[C@@H]2O)cc1C(F)F. The smallest absolute Gasteiger partial charge is 0.280 e. The van der Waals surface area contributed by atoms with Crippen molar-refractivity contribution >= 4 is 5.91 Å². The summed E-state index contributed by atoms with van der Waals surface area (Å²) in [6, 6.07) is 0.497. The normalized spacial score (nSPS) is 23.6. The van der Waals surface area contributed by atoms with Crippen LogP contribution in [0.4, 0.5) is 8.78 Å². The van der Waals surface area contributed by atoms with Gasteiger partial charge < -0.3 is 15.2 Å². The van der Waals surface area contributed by atoms with Gasteiger partial charge in [0.05, 0.1) is 25.4 Å². The average Bonchev–Trinajstić information content (AvgIpc) is 2.86. The number of nitrogens with one attached hydrogen (secondary N) is 1. The number of aliphatic hydroxyl groups is 1. The van der Waals surface area contributed by atoms with E-state index in [2.05, 4.69) is 10.4 Å². The number of carbonyl (C=O) groups is 1. The Morgan fingerprint density at radius 3 is 2.89 bits per heavy atom. The van der Waals surface area contributed by atoms with Crippen LogP contribution in [0.5, 0.6) is 0 Å². The highest BCUT2D eigenvalue weighted by atomic mass is 19.3. The van der Waals surface area contributed by atoms with E-state index in [0.717, 1.165) is 10.7 Å². The Labute approximate surface area is 102 Å². The van der Waals surface area contributed by atoms with Gasteiger partial charge in [-0.15, -0.1) is 0 Å². The molecule has 2 N–H and O–H groups in total. The number of aromatic nitrogens is 2. The zero-order valence-corrected chi connectivity index (χ0v) is 9.64. The number of alkyl halides is 2. The lowest BCUT2D eigenvalue weighted by Crippen LogP contribution is -2.42. The third kappa shape index (κ3) is 2.49. The number of amides is 1. The lowest BCUT2D eigenvalue weighted by Gasteiger charge is -2.13. The van der Waals surface area contributed by atoms with Crippen LogP contribution in [-0.4, -0.2) is 46.2 Å². The van der Waals surface area contributed by atoms with Gasteiger partial charge in [0.25, 0.3) is 12.3 Å². The van der Waals surface area contributed by atoms with Crippen molar-refractivity contribution in [2.45, 2.75) is 18.6 Å². The fourth-order valence-electron chi connectivity index (χ4n) is 1.72. The number of aliphatic hydroxyl groups excluding tert-OH is 1. The molecule has 1 amide bonds. The first-order valence-corrected chi connectivity index (χ1v) is 5.38. The molecule has 18 heavy (non-hydrogen) atoms. The van der Waals surface area contributed by atoms with Crippen LogP contribution in [0.25, 0.3) is 0 Å². The number of hydrogen-bond donors (Lipinski definition) is 2. The topological polar surface area (TPSA) is 76.4 Å². The summed E-state index contributed by atoms with van der Waals surface area (Å²) in [5.74, 6) is -0.605. The fourth-order valence-corrected chi connectivity index (χ4v) is 1.72. The molecule has 0 aromatic carbocycles. The van der Waals surface area contributed by atoms with E-state index in [1.807, 2.05) is 0 Å². The number of nitrogens with zero attached hydrogens (tertiary/aromatic N) is 2. The van der Waals surface area contributed by atoms with Crippen molar-refractivity contribution in [3.8, 4) is 0 Å². The lowest BCUT2D eigenvalue weighted by molar-refractivity contribution is 0.0881. The van der Waals surface area contributed by atoms with E-state index in [4.69, 9.17) is 4.74 Å². The van der Waals surface area contributed by atoms with Crippen molar-refractivity contribution in [2.75, 3.05) is 13.2 Å². The molecule has 1 aromatic rings. The lowest BCUT2D eigenvalue weighted by atomic mass is 10.2. The maximum atomic E-state index is 12.5. The molecule has 1 aromatic heterocycles. The Hall–Kier alpha value is -1.54. The van der Waals surface area contributed by atoms with E-state index in [9.17, 15) is 18.7 Å². The van der Waals surface area contributed by atoms with E-state index in [1.54, 1.807) is 0 Å². The molecule has 6 nitrogen and oxygen atoms in total. The van der Waals surface area contributed by atoms with Crippen LogP contribution in [0, 0.1) is 0 Å². The summed E-state index contributed by atoms with van der Waals surface area (Å²) in [7, 11) is 1.34. The molecule has 100 valence electrons. The van der Waals surface area contributed by atoms with E-state index in [1.165, 1.54) is 7.05 Å². The minimum Gasteiger partial charge on any atom is -0.388 e. The van der Waals surface area contributed by atoms with E-state index < -0.39 is 24.5 Å². The summed E-state index contributed by atoms with van der Waals surface area (Å²) in [6.07, 6.45) is -3.48. The fraction of sp³-hybridized carbons (Fsp3) is 0.600. The van der Waals surface area contributed by atoms with Gasteiger partial charge in [-0.25, -0.2) is 8.78 Å². The molecule has 2 heterocycles. The second kappa shape index (κ2) is 4.99. The predicted octanol–water partition coefficient (Wildman–Crippen LogP) is -0.153. The van der Waals surface area contributed by atoms with Crippen LogP contribution in [0.1, 0.15) is 22.6 Å². The molecular weight excluding hydrogens is 248 g/mol. The average molecular weight is 261 g/mol. The van der Waals surface area contributed by atoms with Crippen molar-refractivity contribution in [3.63, 3.8) is 0 Å². The molecular formula is C10H13F2N3O3. The van der Waals surface area contributed by atoms with Gasteiger partial charge in [-0.2, -0.15) is 5.10 Å². The van der Waals surface area contributed by atoms with Crippen molar-refractivity contribution in [3.05, 3.63) is 17.5 Å². The number of ether oxygens (including phenoxy) is 1. The molecule has 8 heteroatoms. The second-order valence-electron chi connectivity index (χ2n) is 4.06. The summed E-state index contributed by atoms with van der Waals surface area (Å²) in [6.45, 7) is 0.344. The molecule has 0 bridgehead atoms. The van der Waals surface area contributed by atoms with Crippen molar-refractivity contribution in [2.24, 2.45) is 7.05 Å². The monoisotopic (exact) mass is 261 g/mol. The summed E-state index contributed by atoms with van der Waals surface area (Å²) >= 11 is 0. The maximum Gasteiger partial charge on any atom is 0.280 e. The van der Waals surface area contributed by atoms with E-state index in [-0.39, 0.29) is 24.6 Å². The van der Waals surface area contributed by atoms with Gasteiger partial charge >= 0.3 is 0 Å². The van der Waals surface area contributed by atoms with Crippen LogP contribution in [0.2, 0.25) is 0 Å². The number of halogens is 2. The third-order valence-electron chi connectivity index (χ3n) is 2.74. The first-order valence-electron chi connectivity index (χ1n) is 5.38. The Balaban J connectivity index is 2.07. The molecule has 2 rings (SSSR count). The molecule has 1 aliphatic heterocycles. The van der Waals surface area contributed by atoms with Gasteiger partial charge in [0.2, 0.25) is 0 Å². The zero-order valence-electron chi connectivity index (χ0n) is 9.64. The summed E-state index contributed by atoms with van der Waals surface area (Å²) in [5, 5.41) is 15.6. The van der Waals surface area contributed by atoms with Crippen molar-refractivity contribution < 1.29 is 23.4 Å². The molecule has 0 radical (unpaired) electrons. The molecule has 0 aliphatic carbocycles. The Bertz CT molecular complexity index is 450. The molecule has 0 saturated carbocycles. The van der Waals surface area contributed by atoms with Crippen LogP contribution < -0.4 is 5.32 Å². The van der Waals surface area contributed by atoms with Crippen LogP contribution in [-0.2, 0) is 11.8 Å². The Morgan fingerprint density at radius 1 is 1.67 bits per heavy atom. The Morgan fingerprint density at radius 2 is 2.39 bits per heavy atom. The standard InChI is InChI=1S/C10H13F2N3O3/c1-15-7(9(11)12)2-5(14-15)10(17)13-6-3-18-4-8(6)16/h2,6,8-9,16H,3-4H2,1H3,(H,13,17)/t6-,8+/m1/s1. The second-order valence-corrected chi connectivity index (χ2v) is 4.06. The van der Waals surface area contributed by atoms with Crippen molar-refractivity contribution in [1.82, 2.24) is 15.1 Å². The maximum absolute atomic E-state index is 12.5. The quantitative estimate of drug-likeness (QED) is 0.793. The Kier molecular flexibility index (Phi) is 3.58. The summed E-state index contributed by atoms with van der Waals surface area (Å²) in [5.41, 5.74) is -0.435. The number of rotatable bonds is 3. The van der Waals surface area contributed by atoms with Crippen LogP contribution in [0.15, 0.2) is 6.07 Å². The number of aryl methyl sites for hydroxylation is 1. The van der Waals surface area contributed by atoms with Crippen LogP contribution >= 0.6 is 0 Å². The van der Waals surface area contributed by atoms with Gasteiger partial charge in [0.1, 0.15) is 5.69 Å². The molecule has 0 unspecified atom stereocenters. The van der Waals surface area contributed by atoms with E-state index >= 15 is 0 Å². The number of hydrogen-bond acceptors (Lipinski definition) is 4. The minimum atomic E-state index is -2.69. The molecule has 0 spiro atoms. The highest BCUT2D eigenvalue weighted by Crippen LogP contribution is 2.19. The highest BCUT2D eigenvalue weighted by molar-refractivity contribution is 5.92. The molecule has 1 saturated heterocycles. The van der Waals surface area contributed by atoms with E-state index in [0.29, 0.717) is 0 Å². The minimum absolute atomic E-state index is 0.105. The molecule has 2 atom stereocenters. The largest absolute Gasteiger partial charge is 0.388 e. The van der Waals surface area contributed by atoms with Gasteiger partial charge in [-0.1, -0.05) is 0 Å². The van der Waals surface area contributed by atoms with Gasteiger partial charge in [0, 0.05) is 7.05 Å². The zero-order chi connectivity index (χ0) is 13.3. The third-order valence-corrected chi connectivity index (χ3v) is 2.74.